The zero-order valence-electron chi connectivity index (χ0n) is 11.3. The molecule has 1 aromatic heterocycles. The average Bonchev–Trinajstić information content (AvgIpc) is 2.28. The van der Waals surface area contributed by atoms with Gasteiger partial charge in [0.05, 0.1) is 18.7 Å². The number of nitrogens with two attached hydrogens (primary N) is 1. The van der Waals surface area contributed by atoms with Crippen molar-refractivity contribution in [2.45, 2.75) is 26.4 Å². The zero-order chi connectivity index (χ0) is 13.5. The summed E-state index contributed by atoms with van der Waals surface area (Å²) in [6, 6.07) is 0.0631. The quantitative estimate of drug-likeness (QED) is 0.382. The highest BCUT2D eigenvalue weighted by Crippen LogP contribution is 1.92. The van der Waals surface area contributed by atoms with Gasteiger partial charge in [-0.2, -0.15) is 0 Å². The first-order valence-electron chi connectivity index (χ1n) is 5.63. The first-order valence-corrected chi connectivity index (χ1v) is 5.63. The van der Waals surface area contributed by atoms with E-state index >= 15 is 0 Å². The van der Waals surface area contributed by atoms with Crippen LogP contribution in [0.2, 0.25) is 0 Å². The molecule has 0 bridgehead atoms. The predicted octanol–water partition coefficient (Wildman–Crippen LogP) is 0.136. The smallest absolute Gasteiger partial charge is 0.255 e. The van der Waals surface area contributed by atoms with Crippen LogP contribution in [0.25, 0.3) is 0 Å². The van der Waals surface area contributed by atoms with Crippen molar-refractivity contribution in [2.24, 2.45) is 10.7 Å². The van der Waals surface area contributed by atoms with Crippen molar-refractivity contribution in [3.05, 3.63) is 27.9 Å². The van der Waals surface area contributed by atoms with E-state index in [1.54, 1.807) is 14.0 Å². The average molecular weight is 381 g/mol. The summed E-state index contributed by atoms with van der Waals surface area (Å²) in [5, 5.41) is 2.95. The molecule has 0 fully saturated rings. The van der Waals surface area contributed by atoms with E-state index in [2.05, 4.69) is 20.3 Å². The van der Waals surface area contributed by atoms with Gasteiger partial charge in [0.25, 0.3) is 5.56 Å². The fraction of sp³-hybridized carbons (Fsp3) is 0.545. The lowest BCUT2D eigenvalue weighted by Gasteiger charge is -2.12. The molecule has 0 saturated carbocycles. The summed E-state index contributed by atoms with van der Waals surface area (Å²) >= 11 is 0. The highest BCUT2D eigenvalue weighted by atomic mass is 127. The largest absolute Gasteiger partial charge is 0.383 e. The van der Waals surface area contributed by atoms with E-state index in [0.717, 1.165) is 0 Å². The van der Waals surface area contributed by atoms with Gasteiger partial charge in [0.1, 0.15) is 5.82 Å². The lowest BCUT2D eigenvalue weighted by Crippen LogP contribution is -2.40. The third-order valence-corrected chi connectivity index (χ3v) is 2.23. The first kappa shape index (κ1) is 17.8. The van der Waals surface area contributed by atoms with Crippen LogP contribution in [-0.4, -0.2) is 35.7 Å². The van der Waals surface area contributed by atoms with Crippen LogP contribution < -0.4 is 16.6 Å². The number of halogens is 1. The molecule has 0 amide bonds. The van der Waals surface area contributed by atoms with Crippen LogP contribution in [0.3, 0.4) is 0 Å². The standard InChI is InChI=1S/C11H19N5O2.HI/c1-7(6-18-3)15-11(12)14-5-9-4-13-8(2)16-10(9)17;/h4,7H,5-6H2,1-3H3,(H3,12,14,15)(H,13,16,17);1H. The van der Waals surface area contributed by atoms with Gasteiger partial charge in [-0.15, -0.1) is 24.0 Å². The van der Waals surface area contributed by atoms with Crippen molar-refractivity contribution in [3.8, 4) is 0 Å². The second kappa shape index (κ2) is 8.86. The molecule has 0 aliphatic rings. The summed E-state index contributed by atoms with van der Waals surface area (Å²) < 4.78 is 4.96. The lowest BCUT2D eigenvalue weighted by molar-refractivity contribution is 0.179. The maximum absolute atomic E-state index is 11.5. The molecule has 0 aromatic carbocycles. The van der Waals surface area contributed by atoms with Gasteiger partial charge < -0.3 is 20.8 Å². The molecule has 1 atom stereocenters. The Hall–Kier alpha value is -1.16. The molecular formula is C11H20IN5O2. The lowest BCUT2D eigenvalue weighted by atomic mass is 10.3. The second-order valence-electron chi connectivity index (χ2n) is 4.03. The van der Waals surface area contributed by atoms with E-state index in [1.165, 1.54) is 6.20 Å². The highest BCUT2D eigenvalue weighted by Gasteiger charge is 2.03. The topological polar surface area (TPSA) is 105 Å². The summed E-state index contributed by atoms with van der Waals surface area (Å²) in [5.74, 6) is 0.854. The molecular weight excluding hydrogens is 361 g/mol. The van der Waals surface area contributed by atoms with E-state index in [4.69, 9.17) is 10.5 Å². The van der Waals surface area contributed by atoms with Crippen LogP contribution in [-0.2, 0) is 11.3 Å². The third-order valence-electron chi connectivity index (χ3n) is 2.23. The van der Waals surface area contributed by atoms with Gasteiger partial charge in [-0.05, 0) is 13.8 Å². The van der Waals surface area contributed by atoms with E-state index in [-0.39, 0.29) is 48.1 Å². The van der Waals surface area contributed by atoms with Crippen molar-refractivity contribution in [1.29, 1.82) is 0 Å². The van der Waals surface area contributed by atoms with Crippen LogP contribution in [0.15, 0.2) is 16.0 Å². The van der Waals surface area contributed by atoms with Gasteiger partial charge in [0.15, 0.2) is 5.96 Å². The number of rotatable bonds is 5. The molecule has 1 aromatic rings. The number of hydrogen-bond donors (Lipinski definition) is 3. The van der Waals surface area contributed by atoms with Gasteiger partial charge >= 0.3 is 0 Å². The Bertz CT molecular complexity index is 474. The molecule has 1 unspecified atom stereocenters. The van der Waals surface area contributed by atoms with E-state index in [9.17, 15) is 4.79 Å². The number of nitrogens with zero attached hydrogens (tertiary/aromatic N) is 2. The van der Waals surface area contributed by atoms with Gasteiger partial charge in [-0.1, -0.05) is 0 Å². The van der Waals surface area contributed by atoms with Gasteiger partial charge in [-0.25, -0.2) is 9.98 Å². The first-order chi connectivity index (χ1) is 8.52. The Morgan fingerprint density at radius 1 is 1.68 bits per heavy atom. The Balaban J connectivity index is 0.00000324. The van der Waals surface area contributed by atoms with Gasteiger partial charge in [0, 0.05) is 19.3 Å². The minimum atomic E-state index is -0.191. The van der Waals surface area contributed by atoms with Crippen molar-refractivity contribution in [2.75, 3.05) is 13.7 Å². The molecule has 7 nitrogen and oxygen atoms in total. The third kappa shape index (κ3) is 6.53. The van der Waals surface area contributed by atoms with Crippen LogP contribution in [0, 0.1) is 6.92 Å². The molecule has 0 aliphatic carbocycles. The van der Waals surface area contributed by atoms with E-state index in [1.807, 2.05) is 6.92 Å². The fourth-order valence-electron chi connectivity index (χ4n) is 1.38. The van der Waals surface area contributed by atoms with Crippen molar-refractivity contribution in [1.82, 2.24) is 15.3 Å². The second-order valence-corrected chi connectivity index (χ2v) is 4.03. The Labute approximate surface area is 129 Å². The number of methoxy groups -OCH3 is 1. The summed E-state index contributed by atoms with van der Waals surface area (Å²) in [7, 11) is 1.61. The van der Waals surface area contributed by atoms with E-state index < -0.39 is 0 Å². The monoisotopic (exact) mass is 381 g/mol. The number of nitrogens with one attached hydrogen (secondary N) is 2. The molecule has 0 radical (unpaired) electrons. The number of aryl methyl sites for hydroxylation is 1. The highest BCUT2D eigenvalue weighted by molar-refractivity contribution is 14.0. The predicted molar refractivity (Wildman–Crippen MR) is 84.8 cm³/mol. The van der Waals surface area contributed by atoms with Crippen molar-refractivity contribution in [3.63, 3.8) is 0 Å². The van der Waals surface area contributed by atoms with Crippen molar-refractivity contribution < 1.29 is 4.74 Å². The number of guanidine groups is 1. The Morgan fingerprint density at radius 2 is 2.37 bits per heavy atom. The van der Waals surface area contributed by atoms with Crippen LogP contribution >= 0.6 is 24.0 Å². The van der Waals surface area contributed by atoms with Crippen LogP contribution in [0.4, 0.5) is 0 Å². The maximum atomic E-state index is 11.5. The molecule has 19 heavy (non-hydrogen) atoms. The molecule has 8 heteroatoms. The number of hydrogen-bond acceptors (Lipinski definition) is 4. The van der Waals surface area contributed by atoms with E-state index in [0.29, 0.717) is 18.0 Å². The normalized spacial score (nSPS) is 12.7. The summed E-state index contributed by atoms with van der Waals surface area (Å²) in [6.45, 7) is 4.37. The van der Waals surface area contributed by atoms with Crippen LogP contribution in [0.5, 0.6) is 0 Å². The number of aromatic amines is 1. The Kier molecular flexibility index (Phi) is 8.32. The molecule has 1 rings (SSSR count). The zero-order valence-corrected chi connectivity index (χ0v) is 13.6. The molecule has 0 spiro atoms. The maximum Gasteiger partial charge on any atom is 0.255 e. The summed E-state index contributed by atoms with van der Waals surface area (Å²) in [4.78, 5) is 22.2. The number of ether oxygens (including phenoxy) is 1. The summed E-state index contributed by atoms with van der Waals surface area (Å²) in [5.41, 5.74) is 5.97. The molecule has 4 N–H and O–H groups in total. The molecule has 1 heterocycles. The SMILES string of the molecule is COCC(C)NC(N)=NCc1cnc(C)[nH]c1=O.I. The van der Waals surface area contributed by atoms with Gasteiger partial charge in [-0.3, -0.25) is 4.79 Å². The van der Waals surface area contributed by atoms with Gasteiger partial charge in [0.2, 0.25) is 0 Å². The summed E-state index contributed by atoms with van der Waals surface area (Å²) in [6.07, 6.45) is 1.50. The number of H-pyrrole nitrogens is 1. The minimum absolute atomic E-state index is 0. The van der Waals surface area contributed by atoms with Crippen molar-refractivity contribution >= 4 is 29.9 Å². The molecule has 108 valence electrons. The Morgan fingerprint density at radius 3 is 2.95 bits per heavy atom. The minimum Gasteiger partial charge on any atom is -0.383 e. The van der Waals surface area contributed by atoms with Crippen LogP contribution in [0.1, 0.15) is 18.3 Å². The molecule has 0 aliphatic heterocycles. The number of aliphatic imine (C=N–C) groups is 1. The molecule has 0 saturated heterocycles. The number of aromatic nitrogens is 2. The fourth-order valence-corrected chi connectivity index (χ4v) is 1.38.